The molecule has 3 heterocycles. The molecule has 1 fully saturated rings. The summed E-state index contributed by atoms with van der Waals surface area (Å²) >= 11 is 1.30. The lowest BCUT2D eigenvalue weighted by molar-refractivity contribution is 0.0708. The Morgan fingerprint density at radius 1 is 1.42 bits per heavy atom. The normalized spacial score (nSPS) is 17.8. The first kappa shape index (κ1) is 17.0. The minimum atomic E-state index is 0.0491. The predicted molar refractivity (Wildman–Crippen MR) is 105 cm³/mol. The van der Waals surface area contributed by atoms with Crippen molar-refractivity contribution in [1.29, 1.82) is 0 Å². The van der Waals surface area contributed by atoms with Crippen LogP contribution in [0.4, 0.5) is 5.13 Å². The van der Waals surface area contributed by atoms with Crippen LogP contribution in [0, 0.1) is 6.92 Å². The largest absolute Gasteiger partial charge is 0.375 e. The van der Waals surface area contributed by atoms with E-state index < -0.39 is 0 Å². The van der Waals surface area contributed by atoms with Gasteiger partial charge in [-0.1, -0.05) is 30.4 Å². The summed E-state index contributed by atoms with van der Waals surface area (Å²) in [7, 11) is 0. The van der Waals surface area contributed by atoms with E-state index in [1.807, 2.05) is 17.9 Å². The molecule has 2 aromatic heterocycles. The van der Waals surface area contributed by atoms with E-state index in [1.54, 1.807) is 0 Å². The molecule has 26 heavy (non-hydrogen) atoms. The summed E-state index contributed by atoms with van der Waals surface area (Å²) in [6.07, 6.45) is 2.73. The average molecular weight is 369 g/mol. The summed E-state index contributed by atoms with van der Waals surface area (Å²) in [6.45, 7) is 5.53. The fraction of sp³-hybridized carbons (Fsp3) is 0.421. The molecule has 0 bridgehead atoms. The number of hydrogen-bond acceptors (Lipinski definition) is 5. The second-order valence-electron chi connectivity index (χ2n) is 6.86. The van der Waals surface area contributed by atoms with E-state index in [0.29, 0.717) is 16.6 Å². The van der Waals surface area contributed by atoms with Crippen LogP contribution in [-0.2, 0) is 6.42 Å². The molecule has 7 heteroatoms. The van der Waals surface area contributed by atoms with Crippen LogP contribution in [0.1, 0.15) is 52.4 Å². The van der Waals surface area contributed by atoms with Crippen LogP contribution in [0.2, 0.25) is 0 Å². The van der Waals surface area contributed by atoms with Crippen molar-refractivity contribution in [2.75, 3.05) is 18.8 Å². The van der Waals surface area contributed by atoms with Gasteiger partial charge < -0.3 is 15.6 Å². The Labute approximate surface area is 156 Å². The van der Waals surface area contributed by atoms with Crippen molar-refractivity contribution in [3.8, 4) is 0 Å². The maximum Gasteiger partial charge on any atom is 0.265 e. The number of fused-ring (bicyclic) bond motifs is 1. The first-order valence-electron chi connectivity index (χ1n) is 9.06. The number of carbonyl (C=O) groups excluding carboxylic acids is 1. The van der Waals surface area contributed by atoms with Crippen LogP contribution in [-0.4, -0.2) is 38.8 Å². The number of nitrogens with zero attached hydrogens (tertiary/aromatic N) is 3. The Kier molecular flexibility index (Phi) is 4.40. The molecule has 0 radical (unpaired) electrons. The van der Waals surface area contributed by atoms with Crippen molar-refractivity contribution >= 4 is 33.4 Å². The van der Waals surface area contributed by atoms with Crippen molar-refractivity contribution in [1.82, 2.24) is 19.9 Å². The second-order valence-corrected chi connectivity index (χ2v) is 7.90. The Morgan fingerprint density at radius 3 is 3.04 bits per heavy atom. The molecule has 6 nitrogen and oxygen atoms in total. The molecule has 1 aliphatic rings. The van der Waals surface area contributed by atoms with Crippen molar-refractivity contribution in [3.63, 3.8) is 0 Å². The maximum atomic E-state index is 13.0. The SMILES string of the molecule is CCc1nc(N)sc1C(=O)N1CCCC(c2nc3c(C)cccc3[nH]2)C1. The number of amides is 1. The van der Waals surface area contributed by atoms with Crippen LogP contribution < -0.4 is 5.73 Å². The number of nitrogens with two attached hydrogens (primary N) is 1. The van der Waals surface area contributed by atoms with Crippen LogP contribution in [0.25, 0.3) is 11.0 Å². The number of aromatic nitrogens is 3. The maximum absolute atomic E-state index is 13.0. The molecule has 1 saturated heterocycles. The number of aromatic amines is 1. The molecule has 136 valence electrons. The fourth-order valence-corrected chi connectivity index (χ4v) is 4.58. The molecule has 0 saturated carbocycles. The fourth-order valence-electron chi connectivity index (χ4n) is 3.69. The number of hydrogen-bond donors (Lipinski definition) is 2. The third kappa shape index (κ3) is 2.96. The van der Waals surface area contributed by atoms with E-state index in [1.165, 1.54) is 16.9 Å². The van der Waals surface area contributed by atoms with E-state index in [-0.39, 0.29) is 11.8 Å². The van der Waals surface area contributed by atoms with E-state index in [4.69, 9.17) is 10.7 Å². The Morgan fingerprint density at radius 2 is 2.27 bits per heavy atom. The number of piperidine rings is 1. The highest BCUT2D eigenvalue weighted by atomic mass is 32.1. The van der Waals surface area contributed by atoms with E-state index in [0.717, 1.165) is 48.4 Å². The molecule has 0 aliphatic carbocycles. The van der Waals surface area contributed by atoms with Crippen LogP contribution in [0.5, 0.6) is 0 Å². The lowest BCUT2D eigenvalue weighted by Crippen LogP contribution is -2.39. The Bertz CT molecular complexity index is 960. The van der Waals surface area contributed by atoms with E-state index >= 15 is 0 Å². The van der Waals surface area contributed by atoms with Gasteiger partial charge in [0.05, 0.1) is 16.7 Å². The van der Waals surface area contributed by atoms with Gasteiger partial charge >= 0.3 is 0 Å². The number of imidazole rings is 1. The molecule has 0 spiro atoms. The molecule has 3 aromatic rings. The number of rotatable bonds is 3. The summed E-state index contributed by atoms with van der Waals surface area (Å²) in [5.41, 5.74) is 9.88. The zero-order chi connectivity index (χ0) is 18.3. The molecule has 1 aliphatic heterocycles. The zero-order valence-corrected chi connectivity index (χ0v) is 15.9. The number of nitrogen functional groups attached to an aromatic ring is 1. The highest BCUT2D eigenvalue weighted by Gasteiger charge is 2.29. The molecular formula is C19H23N5OS. The van der Waals surface area contributed by atoms with Gasteiger partial charge in [-0.3, -0.25) is 4.79 Å². The average Bonchev–Trinajstić information content (AvgIpc) is 3.25. The van der Waals surface area contributed by atoms with Crippen LogP contribution >= 0.6 is 11.3 Å². The number of anilines is 1. The predicted octanol–water partition coefficient (Wildman–Crippen LogP) is 3.49. The Balaban J connectivity index is 1.58. The van der Waals surface area contributed by atoms with Gasteiger partial charge in [0.1, 0.15) is 10.7 Å². The van der Waals surface area contributed by atoms with Crippen LogP contribution in [0.3, 0.4) is 0 Å². The molecular weight excluding hydrogens is 346 g/mol. The van der Waals surface area contributed by atoms with Gasteiger partial charge in [-0.05, 0) is 37.8 Å². The number of carbonyl (C=O) groups is 1. The molecule has 1 aromatic carbocycles. The second kappa shape index (κ2) is 6.72. The smallest absolute Gasteiger partial charge is 0.265 e. The van der Waals surface area contributed by atoms with Gasteiger partial charge in [0.2, 0.25) is 0 Å². The third-order valence-corrected chi connectivity index (χ3v) is 5.99. The summed E-state index contributed by atoms with van der Waals surface area (Å²) in [4.78, 5) is 28.2. The van der Waals surface area contributed by atoms with Crippen molar-refractivity contribution in [2.45, 2.75) is 39.0 Å². The minimum Gasteiger partial charge on any atom is -0.375 e. The first-order chi connectivity index (χ1) is 12.6. The highest BCUT2D eigenvalue weighted by molar-refractivity contribution is 7.17. The summed E-state index contributed by atoms with van der Waals surface area (Å²) in [5.74, 6) is 1.26. The van der Waals surface area contributed by atoms with Gasteiger partial charge in [0, 0.05) is 19.0 Å². The lowest BCUT2D eigenvalue weighted by atomic mass is 9.97. The lowest BCUT2D eigenvalue weighted by Gasteiger charge is -2.31. The highest BCUT2D eigenvalue weighted by Crippen LogP contribution is 2.30. The van der Waals surface area contributed by atoms with Gasteiger partial charge in [-0.25, -0.2) is 9.97 Å². The van der Waals surface area contributed by atoms with Crippen molar-refractivity contribution < 1.29 is 4.79 Å². The standard InChI is InChI=1S/C19H23N5OS/c1-3-13-16(26-19(20)22-13)18(25)24-9-5-7-12(10-24)17-21-14-8-4-6-11(2)15(14)23-17/h4,6,8,12H,3,5,7,9-10H2,1-2H3,(H2,20,22)(H,21,23). The van der Waals surface area contributed by atoms with Crippen LogP contribution in [0.15, 0.2) is 18.2 Å². The zero-order valence-electron chi connectivity index (χ0n) is 15.1. The number of thiazole rings is 1. The topological polar surface area (TPSA) is 87.9 Å². The van der Waals surface area contributed by atoms with Crippen molar-refractivity contribution in [3.05, 3.63) is 40.2 Å². The molecule has 1 unspecified atom stereocenters. The van der Waals surface area contributed by atoms with Gasteiger partial charge in [0.15, 0.2) is 5.13 Å². The minimum absolute atomic E-state index is 0.0491. The van der Waals surface area contributed by atoms with Gasteiger partial charge in [0.25, 0.3) is 5.91 Å². The molecule has 3 N–H and O–H groups in total. The summed E-state index contributed by atoms with van der Waals surface area (Å²) in [5, 5.41) is 0.464. The number of aryl methyl sites for hydroxylation is 2. The number of likely N-dealkylation sites (tertiary alicyclic amines) is 1. The van der Waals surface area contributed by atoms with Gasteiger partial charge in [-0.2, -0.15) is 0 Å². The monoisotopic (exact) mass is 369 g/mol. The van der Waals surface area contributed by atoms with Crippen molar-refractivity contribution in [2.24, 2.45) is 0 Å². The quantitative estimate of drug-likeness (QED) is 0.740. The number of para-hydroxylation sites is 1. The summed E-state index contributed by atoms with van der Waals surface area (Å²) in [6, 6.07) is 6.17. The Hall–Kier alpha value is -2.41. The number of nitrogens with one attached hydrogen (secondary N) is 1. The van der Waals surface area contributed by atoms with E-state index in [9.17, 15) is 4.79 Å². The van der Waals surface area contributed by atoms with Gasteiger partial charge in [-0.15, -0.1) is 0 Å². The summed E-state index contributed by atoms with van der Waals surface area (Å²) < 4.78 is 0. The van der Waals surface area contributed by atoms with E-state index in [2.05, 4.69) is 29.0 Å². The first-order valence-corrected chi connectivity index (χ1v) is 9.88. The number of benzene rings is 1. The third-order valence-electron chi connectivity index (χ3n) is 5.07. The number of H-pyrrole nitrogens is 1. The molecule has 4 rings (SSSR count). The molecule has 1 amide bonds. The molecule has 1 atom stereocenters.